The topological polar surface area (TPSA) is 12.0 Å². The summed E-state index contributed by atoms with van der Waals surface area (Å²) in [6.07, 6.45) is 1.31. The van der Waals surface area contributed by atoms with Gasteiger partial charge in [-0.1, -0.05) is 37.6 Å². The Morgan fingerprint density at radius 2 is 2.05 bits per heavy atom. The van der Waals surface area contributed by atoms with Crippen LogP contribution < -0.4 is 5.32 Å². The SMILES string of the molecule is Cc1ccc(C)c(C(C)NC2CSCCC2(C)C)c1. The van der Waals surface area contributed by atoms with E-state index in [1.165, 1.54) is 34.6 Å². The number of thioether (sulfide) groups is 1. The van der Waals surface area contributed by atoms with Gasteiger partial charge in [-0.25, -0.2) is 0 Å². The van der Waals surface area contributed by atoms with Gasteiger partial charge in [0, 0.05) is 17.8 Å². The van der Waals surface area contributed by atoms with Crippen molar-refractivity contribution in [3.63, 3.8) is 0 Å². The molecule has 0 radical (unpaired) electrons. The number of aryl methyl sites for hydroxylation is 2. The molecule has 0 amide bonds. The van der Waals surface area contributed by atoms with Crippen LogP contribution in [0.5, 0.6) is 0 Å². The second-order valence-electron chi connectivity index (χ2n) is 6.61. The number of rotatable bonds is 3. The second-order valence-corrected chi connectivity index (χ2v) is 7.76. The van der Waals surface area contributed by atoms with Crippen LogP contribution in [0.15, 0.2) is 18.2 Å². The Labute approximate surface area is 122 Å². The molecule has 2 unspecified atom stereocenters. The van der Waals surface area contributed by atoms with Gasteiger partial charge in [0.1, 0.15) is 0 Å². The maximum absolute atomic E-state index is 3.87. The van der Waals surface area contributed by atoms with Gasteiger partial charge in [-0.15, -0.1) is 0 Å². The summed E-state index contributed by atoms with van der Waals surface area (Å²) in [5, 5.41) is 3.87. The third kappa shape index (κ3) is 3.55. The molecule has 1 saturated heterocycles. The molecule has 1 nitrogen and oxygen atoms in total. The minimum Gasteiger partial charge on any atom is -0.306 e. The van der Waals surface area contributed by atoms with Crippen molar-refractivity contribution >= 4 is 11.8 Å². The van der Waals surface area contributed by atoms with Crippen LogP contribution in [0.1, 0.15) is 49.9 Å². The maximum atomic E-state index is 3.87. The lowest BCUT2D eigenvalue weighted by atomic mass is 9.81. The van der Waals surface area contributed by atoms with E-state index < -0.39 is 0 Å². The molecule has 106 valence electrons. The van der Waals surface area contributed by atoms with Crippen LogP contribution in [0, 0.1) is 19.3 Å². The molecule has 2 heteroatoms. The van der Waals surface area contributed by atoms with Crippen molar-refractivity contribution in [1.82, 2.24) is 5.32 Å². The predicted octanol–water partition coefficient (Wildman–Crippen LogP) is 4.49. The number of nitrogens with one attached hydrogen (secondary N) is 1. The molecule has 0 saturated carbocycles. The van der Waals surface area contributed by atoms with Crippen LogP contribution in [0.3, 0.4) is 0 Å². The van der Waals surface area contributed by atoms with Gasteiger partial charge in [0.25, 0.3) is 0 Å². The maximum Gasteiger partial charge on any atom is 0.0297 e. The predicted molar refractivity (Wildman–Crippen MR) is 87.0 cm³/mol. The summed E-state index contributed by atoms with van der Waals surface area (Å²) >= 11 is 2.09. The fourth-order valence-corrected chi connectivity index (χ4v) is 4.45. The highest BCUT2D eigenvalue weighted by molar-refractivity contribution is 7.99. The zero-order chi connectivity index (χ0) is 14.0. The first-order valence-corrected chi connectivity index (χ1v) is 8.46. The molecule has 2 atom stereocenters. The van der Waals surface area contributed by atoms with Crippen molar-refractivity contribution in [2.45, 2.75) is 53.1 Å². The summed E-state index contributed by atoms with van der Waals surface area (Å²) in [6.45, 7) is 11.5. The standard InChI is InChI=1S/C17H27NS/c1-12-6-7-13(2)15(10-12)14(3)18-16-11-19-9-8-17(16,4)5/h6-7,10,14,16,18H,8-9,11H2,1-5H3. The molecule has 0 bridgehead atoms. The summed E-state index contributed by atoms with van der Waals surface area (Å²) in [4.78, 5) is 0. The number of hydrogen-bond acceptors (Lipinski definition) is 2. The fraction of sp³-hybridized carbons (Fsp3) is 0.647. The van der Waals surface area contributed by atoms with Crippen molar-refractivity contribution < 1.29 is 0 Å². The van der Waals surface area contributed by atoms with Crippen molar-refractivity contribution in [1.29, 1.82) is 0 Å². The molecule has 1 aromatic carbocycles. The third-order valence-electron chi connectivity index (χ3n) is 4.47. The Balaban J connectivity index is 2.12. The molecule has 1 aliphatic heterocycles. The van der Waals surface area contributed by atoms with E-state index in [0.717, 1.165) is 0 Å². The monoisotopic (exact) mass is 277 g/mol. The van der Waals surface area contributed by atoms with E-state index in [-0.39, 0.29) is 0 Å². The first-order chi connectivity index (χ1) is 8.90. The lowest BCUT2D eigenvalue weighted by Gasteiger charge is -2.40. The normalized spacial score (nSPS) is 24.2. The zero-order valence-corrected chi connectivity index (χ0v) is 13.7. The van der Waals surface area contributed by atoms with Gasteiger partial charge in [0.15, 0.2) is 0 Å². The molecule has 1 fully saturated rings. The van der Waals surface area contributed by atoms with E-state index in [1.54, 1.807) is 0 Å². The summed E-state index contributed by atoms with van der Waals surface area (Å²) in [5.74, 6) is 2.55. The van der Waals surface area contributed by atoms with Crippen LogP contribution in [0.2, 0.25) is 0 Å². The van der Waals surface area contributed by atoms with Crippen LogP contribution in [-0.2, 0) is 0 Å². The molecule has 2 rings (SSSR count). The van der Waals surface area contributed by atoms with Gasteiger partial charge in [-0.05, 0) is 49.5 Å². The Morgan fingerprint density at radius 3 is 2.74 bits per heavy atom. The van der Waals surface area contributed by atoms with Gasteiger partial charge >= 0.3 is 0 Å². The molecular formula is C17H27NS. The van der Waals surface area contributed by atoms with Crippen molar-refractivity contribution in [3.8, 4) is 0 Å². The summed E-state index contributed by atoms with van der Waals surface area (Å²) in [6, 6.07) is 7.81. The highest BCUT2D eigenvalue weighted by Gasteiger charge is 2.33. The van der Waals surface area contributed by atoms with Crippen LogP contribution in [-0.4, -0.2) is 17.5 Å². The Bertz CT molecular complexity index is 439. The van der Waals surface area contributed by atoms with E-state index >= 15 is 0 Å². The van der Waals surface area contributed by atoms with E-state index in [0.29, 0.717) is 17.5 Å². The van der Waals surface area contributed by atoms with Crippen LogP contribution in [0.25, 0.3) is 0 Å². The zero-order valence-electron chi connectivity index (χ0n) is 12.9. The lowest BCUT2D eigenvalue weighted by Crippen LogP contribution is -2.47. The van der Waals surface area contributed by atoms with E-state index in [4.69, 9.17) is 0 Å². The highest BCUT2D eigenvalue weighted by atomic mass is 32.2. The molecule has 19 heavy (non-hydrogen) atoms. The van der Waals surface area contributed by atoms with Crippen LogP contribution >= 0.6 is 11.8 Å². The summed E-state index contributed by atoms with van der Waals surface area (Å²) in [7, 11) is 0. The molecule has 0 aliphatic carbocycles. The fourth-order valence-electron chi connectivity index (χ4n) is 2.83. The van der Waals surface area contributed by atoms with Crippen molar-refractivity contribution in [2.24, 2.45) is 5.41 Å². The average Bonchev–Trinajstić information content (AvgIpc) is 2.34. The van der Waals surface area contributed by atoms with E-state index in [1.807, 2.05) is 0 Å². The molecule has 1 heterocycles. The summed E-state index contributed by atoms with van der Waals surface area (Å²) in [5.41, 5.74) is 4.61. The minimum absolute atomic E-state index is 0.414. The summed E-state index contributed by atoms with van der Waals surface area (Å²) < 4.78 is 0. The van der Waals surface area contributed by atoms with Gasteiger partial charge < -0.3 is 5.32 Å². The molecule has 0 spiro atoms. The van der Waals surface area contributed by atoms with Gasteiger partial charge in [0.05, 0.1) is 0 Å². The average molecular weight is 277 g/mol. The Hall–Kier alpha value is -0.470. The molecular weight excluding hydrogens is 250 g/mol. The van der Waals surface area contributed by atoms with Crippen molar-refractivity contribution in [3.05, 3.63) is 34.9 Å². The highest BCUT2D eigenvalue weighted by Crippen LogP contribution is 2.35. The molecule has 1 aliphatic rings. The lowest BCUT2D eigenvalue weighted by molar-refractivity contribution is 0.232. The van der Waals surface area contributed by atoms with Gasteiger partial charge in [0.2, 0.25) is 0 Å². The Morgan fingerprint density at radius 1 is 1.32 bits per heavy atom. The van der Waals surface area contributed by atoms with Gasteiger partial charge in [-0.2, -0.15) is 11.8 Å². The van der Waals surface area contributed by atoms with Gasteiger partial charge in [-0.3, -0.25) is 0 Å². The van der Waals surface area contributed by atoms with Crippen molar-refractivity contribution in [2.75, 3.05) is 11.5 Å². The smallest absolute Gasteiger partial charge is 0.0297 e. The number of hydrogen-bond donors (Lipinski definition) is 1. The third-order valence-corrected chi connectivity index (χ3v) is 5.53. The molecule has 1 aromatic rings. The number of benzene rings is 1. The Kier molecular flexibility index (Phi) is 4.62. The molecule has 0 aromatic heterocycles. The first-order valence-electron chi connectivity index (χ1n) is 7.31. The van der Waals surface area contributed by atoms with Crippen LogP contribution in [0.4, 0.5) is 0 Å². The largest absolute Gasteiger partial charge is 0.306 e. The first kappa shape index (κ1) is 14.9. The second kappa shape index (κ2) is 5.88. The quantitative estimate of drug-likeness (QED) is 0.874. The molecule has 1 N–H and O–H groups in total. The van der Waals surface area contributed by atoms with E-state index in [2.05, 4.69) is 69.9 Å². The minimum atomic E-state index is 0.414. The van der Waals surface area contributed by atoms with E-state index in [9.17, 15) is 0 Å².